The van der Waals surface area contributed by atoms with Crippen LogP contribution in [0.4, 0.5) is 0 Å². The van der Waals surface area contributed by atoms with Crippen molar-refractivity contribution in [3.05, 3.63) is 17.9 Å². The van der Waals surface area contributed by atoms with Gasteiger partial charge in [-0.15, -0.1) is 0 Å². The Labute approximate surface area is 118 Å². The van der Waals surface area contributed by atoms with E-state index in [0.29, 0.717) is 6.54 Å². The van der Waals surface area contributed by atoms with Crippen molar-refractivity contribution < 1.29 is 17.6 Å². The molecule has 1 N–H and O–H groups in total. The summed E-state index contributed by atoms with van der Waals surface area (Å²) in [7, 11) is -0.363. The Bertz CT molecular complexity index is 596. The van der Waals surface area contributed by atoms with Crippen molar-refractivity contribution in [2.75, 3.05) is 33.7 Å². The molecule has 0 saturated carbocycles. The molecule has 8 heteroatoms. The van der Waals surface area contributed by atoms with Crippen molar-refractivity contribution in [3.8, 4) is 0 Å². The van der Waals surface area contributed by atoms with Gasteiger partial charge in [0.2, 0.25) is 5.09 Å². The lowest BCUT2D eigenvalue weighted by molar-refractivity contribution is 0.0497. The number of amides is 1. The quantitative estimate of drug-likeness (QED) is 0.847. The Morgan fingerprint density at radius 3 is 2.70 bits per heavy atom. The van der Waals surface area contributed by atoms with Gasteiger partial charge in [-0.2, -0.15) is 0 Å². The molecule has 2 heterocycles. The summed E-state index contributed by atoms with van der Waals surface area (Å²) < 4.78 is 30.5. The summed E-state index contributed by atoms with van der Waals surface area (Å²) in [6, 6.07) is 2.76. The summed E-state index contributed by atoms with van der Waals surface area (Å²) >= 11 is 0. The first-order valence-corrected chi connectivity index (χ1v) is 7.86. The van der Waals surface area contributed by atoms with Crippen LogP contribution in [0.3, 0.4) is 0 Å². The van der Waals surface area contributed by atoms with E-state index in [1.807, 2.05) is 14.0 Å². The highest BCUT2D eigenvalue weighted by atomic mass is 32.2. The van der Waals surface area contributed by atoms with Gasteiger partial charge < -0.3 is 14.2 Å². The van der Waals surface area contributed by atoms with Gasteiger partial charge in [0, 0.05) is 25.7 Å². The number of sulfonamides is 1. The summed E-state index contributed by atoms with van der Waals surface area (Å²) in [5, 5.41) is -0.245. The zero-order valence-electron chi connectivity index (χ0n) is 11.8. The maximum Gasteiger partial charge on any atom is 0.289 e. The number of rotatable bonds is 3. The van der Waals surface area contributed by atoms with Gasteiger partial charge in [-0.05, 0) is 33.2 Å². The van der Waals surface area contributed by atoms with Crippen molar-refractivity contribution in [2.24, 2.45) is 0 Å². The molecule has 1 aromatic rings. The number of hydrogen-bond donors (Lipinski definition) is 1. The molecular formula is C12H19N3O4S. The first-order valence-electron chi connectivity index (χ1n) is 6.38. The molecule has 20 heavy (non-hydrogen) atoms. The normalized spacial score (nSPS) is 21.1. The van der Waals surface area contributed by atoms with E-state index < -0.39 is 10.0 Å². The minimum atomic E-state index is -3.66. The molecule has 0 aromatic carbocycles. The number of nitrogens with one attached hydrogen (secondary N) is 1. The molecule has 112 valence electrons. The lowest BCUT2D eigenvalue weighted by Crippen LogP contribution is -2.52. The lowest BCUT2D eigenvalue weighted by atomic mass is 10.2. The van der Waals surface area contributed by atoms with Gasteiger partial charge in [0.1, 0.15) is 0 Å². The van der Waals surface area contributed by atoms with Gasteiger partial charge in [-0.3, -0.25) is 4.79 Å². The molecule has 0 spiro atoms. The second kappa shape index (κ2) is 5.55. The van der Waals surface area contributed by atoms with Crippen molar-refractivity contribution in [1.82, 2.24) is 14.5 Å². The summed E-state index contributed by atoms with van der Waals surface area (Å²) in [5.74, 6) is -0.224. The maximum absolute atomic E-state index is 12.3. The molecule has 0 bridgehead atoms. The summed E-state index contributed by atoms with van der Waals surface area (Å²) in [6.45, 7) is 4.14. The zero-order valence-corrected chi connectivity index (χ0v) is 12.6. The third-order valence-corrected chi connectivity index (χ3v) is 4.70. The minimum absolute atomic E-state index is 0.0511. The van der Waals surface area contributed by atoms with Crippen LogP contribution in [0.2, 0.25) is 0 Å². The fourth-order valence-electron chi connectivity index (χ4n) is 2.26. The Balaban J connectivity index is 2.18. The first-order chi connectivity index (χ1) is 9.35. The Kier molecular flexibility index (Phi) is 4.17. The highest BCUT2D eigenvalue weighted by molar-refractivity contribution is 7.89. The highest BCUT2D eigenvalue weighted by Gasteiger charge is 2.29. The van der Waals surface area contributed by atoms with Gasteiger partial charge in [0.05, 0.1) is 0 Å². The molecule has 0 unspecified atom stereocenters. The zero-order chi connectivity index (χ0) is 14.9. The minimum Gasteiger partial charge on any atom is -0.438 e. The molecular weight excluding hydrogens is 282 g/mol. The largest absolute Gasteiger partial charge is 0.438 e. The molecule has 1 aliphatic heterocycles. The molecule has 1 saturated heterocycles. The van der Waals surface area contributed by atoms with Crippen molar-refractivity contribution >= 4 is 15.9 Å². The van der Waals surface area contributed by atoms with E-state index >= 15 is 0 Å². The van der Waals surface area contributed by atoms with Crippen molar-refractivity contribution in [1.29, 1.82) is 0 Å². The van der Waals surface area contributed by atoms with Gasteiger partial charge in [-0.25, -0.2) is 13.1 Å². The molecule has 7 nitrogen and oxygen atoms in total. The first kappa shape index (κ1) is 15.0. The fraction of sp³-hybridized carbons (Fsp3) is 0.583. The van der Waals surface area contributed by atoms with Crippen LogP contribution in [-0.2, 0) is 10.0 Å². The Hall–Kier alpha value is -1.38. The number of hydrogen-bond acceptors (Lipinski definition) is 5. The third-order valence-electron chi connectivity index (χ3n) is 3.42. The van der Waals surface area contributed by atoms with Crippen LogP contribution in [0.1, 0.15) is 17.5 Å². The van der Waals surface area contributed by atoms with E-state index in [9.17, 15) is 13.2 Å². The number of nitrogens with zero attached hydrogens (tertiary/aromatic N) is 2. The van der Waals surface area contributed by atoms with Crippen LogP contribution in [0.15, 0.2) is 21.6 Å². The fourth-order valence-corrected chi connectivity index (χ4v) is 2.91. The monoisotopic (exact) mass is 301 g/mol. The average molecular weight is 301 g/mol. The van der Waals surface area contributed by atoms with Gasteiger partial charge in [-0.1, -0.05) is 0 Å². The summed E-state index contributed by atoms with van der Waals surface area (Å²) in [4.78, 5) is 16.2. The number of carbonyl (C=O) groups is 1. The predicted molar refractivity (Wildman–Crippen MR) is 72.9 cm³/mol. The second-order valence-corrected chi connectivity index (χ2v) is 6.75. The standard InChI is InChI=1S/C12H19N3O4S/c1-9-8-14(3)6-7-15(9)12(16)10-4-5-11(19-10)20(17,18)13-2/h4-5,9,13H,6-8H2,1-3H3/t9-/m1/s1. The van der Waals surface area contributed by atoms with Crippen LogP contribution in [0.25, 0.3) is 0 Å². The predicted octanol–water partition coefficient (Wildman–Crippen LogP) is -0.0362. The van der Waals surface area contributed by atoms with E-state index in [0.717, 1.165) is 13.1 Å². The Morgan fingerprint density at radius 2 is 2.10 bits per heavy atom. The molecule has 1 amide bonds. The summed E-state index contributed by atoms with van der Waals surface area (Å²) in [6.07, 6.45) is 0. The van der Waals surface area contributed by atoms with Crippen molar-refractivity contribution in [2.45, 2.75) is 18.1 Å². The topological polar surface area (TPSA) is 82.9 Å². The smallest absolute Gasteiger partial charge is 0.289 e. The van der Waals surface area contributed by atoms with Gasteiger partial charge in [0.15, 0.2) is 5.76 Å². The van der Waals surface area contributed by atoms with Crippen LogP contribution < -0.4 is 4.72 Å². The van der Waals surface area contributed by atoms with E-state index in [-0.39, 0.29) is 22.8 Å². The molecule has 1 atom stereocenters. The van der Waals surface area contributed by atoms with Crippen LogP contribution in [-0.4, -0.2) is 63.9 Å². The van der Waals surface area contributed by atoms with E-state index in [4.69, 9.17) is 4.42 Å². The van der Waals surface area contributed by atoms with Crippen LogP contribution in [0.5, 0.6) is 0 Å². The van der Waals surface area contributed by atoms with Gasteiger partial charge in [0.25, 0.3) is 15.9 Å². The molecule has 0 radical (unpaired) electrons. The maximum atomic E-state index is 12.3. The number of carbonyl (C=O) groups excluding carboxylic acids is 1. The summed E-state index contributed by atoms with van der Waals surface area (Å²) in [5.41, 5.74) is 0. The molecule has 1 fully saturated rings. The van der Waals surface area contributed by atoms with E-state index in [1.165, 1.54) is 19.2 Å². The second-order valence-electron chi connectivity index (χ2n) is 4.94. The average Bonchev–Trinajstić information content (AvgIpc) is 2.88. The van der Waals surface area contributed by atoms with Crippen molar-refractivity contribution in [3.63, 3.8) is 0 Å². The highest BCUT2D eigenvalue weighted by Crippen LogP contribution is 2.18. The third kappa shape index (κ3) is 2.87. The van der Waals surface area contributed by atoms with Crippen LogP contribution in [0, 0.1) is 0 Å². The number of furan rings is 1. The molecule has 0 aliphatic carbocycles. The Morgan fingerprint density at radius 1 is 1.40 bits per heavy atom. The molecule has 1 aromatic heterocycles. The van der Waals surface area contributed by atoms with E-state index in [2.05, 4.69) is 9.62 Å². The molecule has 2 rings (SSSR count). The lowest BCUT2D eigenvalue weighted by Gasteiger charge is -2.37. The molecule has 1 aliphatic rings. The van der Waals surface area contributed by atoms with Crippen LogP contribution >= 0.6 is 0 Å². The van der Waals surface area contributed by atoms with E-state index in [1.54, 1.807) is 4.90 Å². The number of likely N-dealkylation sites (N-methyl/N-ethyl adjacent to an activating group) is 1. The van der Waals surface area contributed by atoms with Gasteiger partial charge >= 0.3 is 0 Å². The SMILES string of the molecule is CNS(=O)(=O)c1ccc(C(=O)N2CCN(C)C[C@H]2C)o1. The number of piperazine rings is 1.